The monoisotopic (exact) mass is 242 g/mol. The van der Waals surface area contributed by atoms with Crippen LogP contribution in [0.1, 0.15) is 5.82 Å². The first-order chi connectivity index (χ1) is 8.00. The van der Waals surface area contributed by atoms with Gasteiger partial charge in [0.05, 0.1) is 19.0 Å². The molecule has 0 radical (unpaired) electrons. The van der Waals surface area contributed by atoms with E-state index in [1.165, 1.54) is 7.11 Å². The Balaban J connectivity index is 2.37. The Morgan fingerprint density at radius 3 is 2.65 bits per heavy atom. The lowest BCUT2D eigenvalue weighted by Gasteiger charge is -2.03. The molecule has 17 heavy (non-hydrogen) atoms. The molecule has 0 saturated carbocycles. The smallest absolute Gasteiger partial charge is 0.449 e. The van der Waals surface area contributed by atoms with Crippen molar-refractivity contribution in [3.8, 4) is 17.0 Å². The Morgan fingerprint density at radius 1 is 1.29 bits per heavy atom. The Kier molecular flexibility index (Phi) is 2.79. The van der Waals surface area contributed by atoms with Gasteiger partial charge in [-0.2, -0.15) is 13.2 Å². The first-order valence-corrected chi connectivity index (χ1v) is 4.77. The van der Waals surface area contributed by atoms with Crippen molar-refractivity contribution in [3.63, 3.8) is 0 Å². The number of methoxy groups -OCH3 is 1. The summed E-state index contributed by atoms with van der Waals surface area (Å²) in [6.07, 6.45) is -3.31. The van der Waals surface area contributed by atoms with E-state index in [1.54, 1.807) is 24.3 Å². The van der Waals surface area contributed by atoms with Gasteiger partial charge in [-0.25, -0.2) is 4.98 Å². The van der Waals surface area contributed by atoms with Crippen LogP contribution >= 0.6 is 0 Å². The van der Waals surface area contributed by atoms with Gasteiger partial charge in [0.2, 0.25) is 5.82 Å². The summed E-state index contributed by atoms with van der Waals surface area (Å²) in [5, 5.41) is 0. The van der Waals surface area contributed by atoms with Crippen LogP contribution in [-0.4, -0.2) is 17.1 Å². The minimum atomic E-state index is -4.46. The Labute approximate surface area is 95.3 Å². The second-order valence-corrected chi connectivity index (χ2v) is 3.38. The maximum Gasteiger partial charge on any atom is 0.449 e. The van der Waals surface area contributed by atoms with Crippen LogP contribution in [0.2, 0.25) is 0 Å². The first kappa shape index (κ1) is 11.5. The molecular formula is C11H9F3N2O. The number of hydrogen-bond acceptors (Lipinski definition) is 2. The molecule has 0 aliphatic carbocycles. The van der Waals surface area contributed by atoms with Crippen LogP contribution in [0, 0.1) is 0 Å². The normalized spacial score (nSPS) is 11.5. The zero-order chi connectivity index (χ0) is 12.5. The summed E-state index contributed by atoms with van der Waals surface area (Å²) in [4.78, 5) is 5.53. The first-order valence-electron chi connectivity index (χ1n) is 4.77. The van der Waals surface area contributed by atoms with Gasteiger partial charge in [0.15, 0.2) is 0 Å². The van der Waals surface area contributed by atoms with E-state index < -0.39 is 12.0 Å². The SMILES string of the molecule is COc1cccc(-c2cnc(C(F)(F)F)[nH]2)c1. The maximum absolute atomic E-state index is 12.3. The number of hydrogen-bond donors (Lipinski definition) is 1. The molecule has 0 fully saturated rings. The summed E-state index contributed by atoms with van der Waals surface area (Å²) in [7, 11) is 1.49. The molecule has 0 amide bonds. The van der Waals surface area contributed by atoms with Crippen LogP contribution in [-0.2, 0) is 6.18 Å². The summed E-state index contributed by atoms with van der Waals surface area (Å²) in [6.45, 7) is 0. The Bertz CT molecular complexity index is 519. The number of nitrogens with zero attached hydrogens (tertiary/aromatic N) is 1. The molecule has 0 bridgehead atoms. The van der Waals surface area contributed by atoms with E-state index in [9.17, 15) is 13.2 Å². The molecule has 2 rings (SSSR count). The zero-order valence-electron chi connectivity index (χ0n) is 8.88. The summed E-state index contributed by atoms with van der Waals surface area (Å²) < 4.78 is 42.0. The third kappa shape index (κ3) is 2.41. The highest BCUT2D eigenvalue weighted by molar-refractivity contribution is 5.60. The van der Waals surface area contributed by atoms with Crippen LogP contribution in [0.5, 0.6) is 5.75 Å². The van der Waals surface area contributed by atoms with Gasteiger partial charge in [0, 0.05) is 5.56 Å². The van der Waals surface area contributed by atoms with Gasteiger partial charge < -0.3 is 9.72 Å². The Hall–Kier alpha value is -1.98. The molecule has 0 saturated heterocycles. The highest BCUT2D eigenvalue weighted by Crippen LogP contribution is 2.29. The largest absolute Gasteiger partial charge is 0.497 e. The number of imidazole rings is 1. The van der Waals surface area contributed by atoms with Crippen molar-refractivity contribution in [2.24, 2.45) is 0 Å². The fourth-order valence-corrected chi connectivity index (χ4v) is 1.40. The van der Waals surface area contributed by atoms with Gasteiger partial charge in [0.1, 0.15) is 5.75 Å². The molecule has 90 valence electrons. The average molecular weight is 242 g/mol. The summed E-state index contributed by atoms with van der Waals surface area (Å²) in [6, 6.07) is 6.72. The fraction of sp³-hybridized carbons (Fsp3) is 0.182. The average Bonchev–Trinajstić information content (AvgIpc) is 2.78. The molecule has 0 atom stereocenters. The topological polar surface area (TPSA) is 37.9 Å². The number of halogens is 3. The fourth-order valence-electron chi connectivity index (χ4n) is 1.40. The molecule has 3 nitrogen and oxygen atoms in total. The number of rotatable bonds is 2. The number of ether oxygens (including phenoxy) is 1. The van der Waals surface area contributed by atoms with Crippen LogP contribution in [0.3, 0.4) is 0 Å². The van der Waals surface area contributed by atoms with Crippen molar-refractivity contribution in [1.82, 2.24) is 9.97 Å². The van der Waals surface area contributed by atoms with Crippen molar-refractivity contribution >= 4 is 0 Å². The number of H-pyrrole nitrogens is 1. The van der Waals surface area contributed by atoms with E-state index >= 15 is 0 Å². The van der Waals surface area contributed by atoms with Gasteiger partial charge in [-0.05, 0) is 12.1 Å². The number of alkyl halides is 3. The molecule has 0 aliphatic heterocycles. The molecule has 6 heteroatoms. The molecule has 0 unspecified atom stereocenters. The second kappa shape index (κ2) is 4.12. The highest BCUT2D eigenvalue weighted by atomic mass is 19.4. The predicted molar refractivity (Wildman–Crippen MR) is 55.6 cm³/mol. The number of benzene rings is 1. The number of nitrogens with one attached hydrogen (secondary N) is 1. The number of aromatic amines is 1. The van der Waals surface area contributed by atoms with Crippen molar-refractivity contribution in [2.45, 2.75) is 6.18 Å². The van der Waals surface area contributed by atoms with Crippen LogP contribution in [0.15, 0.2) is 30.5 Å². The van der Waals surface area contributed by atoms with Gasteiger partial charge >= 0.3 is 6.18 Å². The van der Waals surface area contributed by atoms with Gasteiger partial charge in [-0.3, -0.25) is 0 Å². The van der Waals surface area contributed by atoms with Crippen molar-refractivity contribution in [3.05, 3.63) is 36.3 Å². The number of aromatic nitrogens is 2. The quantitative estimate of drug-likeness (QED) is 0.878. The van der Waals surface area contributed by atoms with Gasteiger partial charge in [0.25, 0.3) is 0 Å². The minimum Gasteiger partial charge on any atom is -0.497 e. The van der Waals surface area contributed by atoms with Crippen LogP contribution in [0.25, 0.3) is 11.3 Å². The summed E-state index contributed by atoms with van der Waals surface area (Å²) in [5.74, 6) is -0.430. The lowest BCUT2D eigenvalue weighted by atomic mass is 10.1. The molecular weight excluding hydrogens is 233 g/mol. The van der Waals surface area contributed by atoms with Gasteiger partial charge in [-0.15, -0.1) is 0 Å². The molecule has 1 N–H and O–H groups in total. The van der Waals surface area contributed by atoms with E-state index in [-0.39, 0.29) is 0 Å². The molecule has 0 spiro atoms. The second-order valence-electron chi connectivity index (χ2n) is 3.38. The van der Waals surface area contributed by atoms with E-state index in [1.807, 2.05) is 0 Å². The lowest BCUT2D eigenvalue weighted by molar-refractivity contribution is -0.144. The lowest BCUT2D eigenvalue weighted by Crippen LogP contribution is -2.07. The molecule has 0 aliphatic rings. The minimum absolute atomic E-state index is 0.302. The third-order valence-corrected chi connectivity index (χ3v) is 2.23. The predicted octanol–water partition coefficient (Wildman–Crippen LogP) is 3.10. The Morgan fingerprint density at radius 2 is 2.06 bits per heavy atom. The summed E-state index contributed by atoms with van der Waals surface area (Å²) >= 11 is 0. The maximum atomic E-state index is 12.3. The molecule has 1 heterocycles. The third-order valence-electron chi connectivity index (χ3n) is 2.23. The van der Waals surface area contributed by atoms with Crippen molar-refractivity contribution < 1.29 is 17.9 Å². The molecule has 2 aromatic rings. The van der Waals surface area contributed by atoms with E-state index in [0.29, 0.717) is 17.0 Å². The van der Waals surface area contributed by atoms with Crippen molar-refractivity contribution in [2.75, 3.05) is 7.11 Å². The van der Waals surface area contributed by atoms with Crippen LogP contribution < -0.4 is 4.74 Å². The standard InChI is InChI=1S/C11H9F3N2O/c1-17-8-4-2-3-7(5-8)9-6-15-10(16-9)11(12,13)14/h2-6H,1H3,(H,15,16). The van der Waals surface area contributed by atoms with Gasteiger partial charge in [-0.1, -0.05) is 12.1 Å². The van der Waals surface area contributed by atoms with E-state index in [0.717, 1.165) is 6.20 Å². The van der Waals surface area contributed by atoms with Crippen molar-refractivity contribution in [1.29, 1.82) is 0 Å². The molecule has 1 aromatic carbocycles. The summed E-state index contributed by atoms with van der Waals surface area (Å²) in [5.41, 5.74) is 0.892. The highest BCUT2D eigenvalue weighted by Gasteiger charge is 2.34. The van der Waals surface area contributed by atoms with Crippen LogP contribution in [0.4, 0.5) is 13.2 Å². The van der Waals surface area contributed by atoms with E-state index in [2.05, 4.69) is 9.97 Å². The van der Waals surface area contributed by atoms with E-state index in [4.69, 9.17) is 4.74 Å². The molecule has 1 aromatic heterocycles. The zero-order valence-corrected chi connectivity index (χ0v) is 8.88.